The average Bonchev–Trinajstić information content (AvgIpc) is 3.26. The molecule has 0 saturated carbocycles. The van der Waals surface area contributed by atoms with Gasteiger partial charge < -0.3 is 20.5 Å². The number of nitrogens with one attached hydrogen (secondary N) is 2. The molecule has 2 heterocycles. The Morgan fingerprint density at radius 1 is 0.882 bits per heavy atom. The normalized spacial score (nSPS) is 15.5. The third-order valence-corrected chi connectivity index (χ3v) is 5.32. The predicted molar refractivity (Wildman–Crippen MR) is 106 cm³/mol. The van der Waals surface area contributed by atoms with Crippen molar-refractivity contribution >= 4 is 45.8 Å². The number of aromatic hydroxyl groups is 1. The van der Waals surface area contributed by atoms with E-state index in [0.717, 1.165) is 37.5 Å². The Morgan fingerprint density at radius 2 is 1.29 bits per heavy atom. The summed E-state index contributed by atoms with van der Waals surface area (Å²) < 4.78 is 37.6. The third-order valence-electron chi connectivity index (χ3n) is 4.45. The molecule has 0 fully saturated rings. The van der Waals surface area contributed by atoms with Crippen LogP contribution in [-0.2, 0) is 29.3 Å². The fourth-order valence-electron chi connectivity index (χ4n) is 2.90. The van der Waals surface area contributed by atoms with E-state index >= 15 is 0 Å². The molecule has 8 amide bonds. The lowest BCUT2D eigenvalue weighted by atomic mass is 10.1. The number of phenolic OH excluding ortho intramolecular Hbond substituents is 1. The van der Waals surface area contributed by atoms with Gasteiger partial charge in [0.25, 0.3) is 33.7 Å². The summed E-state index contributed by atoms with van der Waals surface area (Å²) >= 11 is 0. The number of carbonyl (C=O) groups excluding carboxylic acids is 6. The van der Waals surface area contributed by atoms with Gasteiger partial charge in [-0.3, -0.25) is 23.7 Å². The molecule has 0 aliphatic carbocycles. The summed E-state index contributed by atoms with van der Waals surface area (Å²) in [5.41, 5.74) is -0.372. The number of urea groups is 2. The van der Waals surface area contributed by atoms with Gasteiger partial charge in [-0.2, -0.15) is 18.2 Å². The first-order valence-corrected chi connectivity index (χ1v) is 10.4. The summed E-state index contributed by atoms with van der Waals surface area (Å²) in [6.45, 7) is 0. The molecular weight excluding hydrogens is 480 g/mol. The lowest BCUT2D eigenvalue weighted by Gasteiger charge is -2.25. The SMILES string of the molecule is COc1cc(C(NC(=O)N2C(=O)C=CC2=O)NC(=O)N2C(=O)C=CC2=O)cc(S(=O)(=O)O)c1O. The zero-order chi connectivity index (χ0) is 25.4. The van der Waals surface area contributed by atoms with Crippen LogP contribution in [0.2, 0.25) is 0 Å². The Hall–Kier alpha value is -4.57. The summed E-state index contributed by atoms with van der Waals surface area (Å²) in [7, 11) is -4.03. The van der Waals surface area contributed by atoms with E-state index in [1.165, 1.54) is 0 Å². The maximum atomic E-state index is 12.6. The molecule has 16 heteroatoms. The number of rotatable bonds is 5. The Bertz CT molecular complexity index is 1220. The van der Waals surface area contributed by atoms with Crippen molar-refractivity contribution in [1.82, 2.24) is 20.4 Å². The molecule has 0 saturated heterocycles. The topological polar surface area (TPSA) is 217 Å². The van der Waals surface area contributed by atoms with Gasteiger partial charge >= 0.3 is 12.1 Å². The molecule has 0 radical (unpaired) electrons. The van der Waals surface area contributed by atoms with Crippen LogP contribution in [0.25, 0.3) is 0 Å². The maximum absolute atomic E-state index is 12.6. The lowest BCUT2D eigenvalue weighted by molar-refractivity contribution is -0.134. The molecule has 0 unspecified atom stereocenters. The van der Waals surface area contributed by atoms with Crippen molar-refractivity contribution in [1.29, 1.82) is 0 Å². The summed E-state index contributed by atoms with van der Waals surface area (Å²) in [5, 5.41) is 14.1. The monoisotopic (exact) mass is 494 g/mol. The first kappa shape index (κ1) is 24.1. The van der Waals surface area contributed by atoms with Crippen LogP contribution in [-0.4, -0.2) is 70.7 Å². The van der Waals surface area contributed by atoms with Crippen molar-refractivity contribution in [3.05, 3.63) is 42.0 Å². The molecule has 0 spiro atoms. The summed E-state index contributed by atoms with van der Waals surface area (Å²) in [5.74, 6) is -5.63. The van der Waals surface area contributed by atoms with Gasteiger partial charge in [0.15, 0.2) is 11.5 Å². The molecule has 15 nitrogen and oxygen atoms in total. The number of methoxy groups -OCH3 is 1. The Morgan fingerprint density at radius 3 is 1.65 bits per heavy atom. The highest BCUT2D eigenvalue weighted by Gasteiger charge is 2.36. The number of benzene rings is 1. The van der Waals surface area contributed by atoms with E-state index in [1.54, 1.807) is 0 Å². The maximum Gasteiger partial charge on any atom is 0.333 e. The van der Waals surface area contributed by atoms with Crippen LogP contribution < -0.4 is 15.4 Å². The number of hydrogen-bond acceptors (Lipinski definition) is 10. The number of phenols is 1. The van der Waals surface area contributed by atoms with Crippen molar-refractivity contribution in [2.75, 3.05) is 7.11 Å². The number of imide groups is 6. The van der Waals surface area contributed by atoms with E-state index in [9.17, 15) is 46.8 Å². The number of hydrogen-bond donors (Lipinski definition) is 4. The minimum absolute atomic E-state index is 0.147. The highest BCUT2D eigenvalue weighted by atomic mass is 32.2. The molecule has 0 bridgehead atoms. The minimum atomic E-state index is -5.06. The molecule has 1 aromatic rings. The van der Waals surface area contributed by atoms with Crippen LogP contribution in [0, 0.1) is 0 Å². The smallest absolute Gasteiger partial charge is 0.333 e. The molecule has 178 valence electrons. The predicted octanol–water partition coefficient (Wildman–Crippen LogP) is -1.08. The summed E-state index contributed by atoms with van der Waals surface area (Å²) in [6.07, 6.45) is 1.36. The molecule has 0 aromatic heterocycles. The van der Waals surface area contributed by atoms with Gasteiger partial charge in [0, 0.05) is 24.3 Å². The van der Waals surface area contributed by atoms with Crippen molar-refractivity contribution in [3.8, 4) is 11.5 Å². The van der Waals surface area contributed by atoms with E-state index in [-0.39, 0.29) is 15.4 Å². The van der Waals surface area contributed by atoms with Gasteiger partial charge in [0.05, 0.1) is 7.11 Å². The molecule has 1 aromatic carbocycles. The quantitative estimate of drug-likeness (QED) is 0.219. The van der Waals surface area contributed by atoms with Crippen LogP contribution in [0.5, 0.6) is 11.5 Å². The van der Waals surface area contributed by atoms with Crippen LogP contribution in [0.15, 0.2) is 41.3 Å². The Balaban J connectivity index is 2.04. The minimum Gasteiger partial charge on any atom is -0.503 e. The van der Waals surface area contributed by atoms with Crippen LogP contribution in [0.3, 0.4) is 0 Å². The van der Waals surface area contributed by atoms with Crippen molar-refractivity contribution < 1.29 is 51.6 Å². The highest BCUT2D eigenvalue weighted by Crippen LogP contribution is 2.36. The number of amides is 8. The number of ether oxygens (including phenoxy) is 1. The molecule has 0 atom stereocenters. The lowest BCUT2D eigenvalue weighted by Crippen LogP contribution is -2.52. The van der Waals surface area contributed by atoms with Gasteiger partial charge in [0.2, 0.25) is 0 Å². The standard InChI is InChI=1S/C18H14N4O11S/c1-33-9-6-8(7-10(15(9)27)34(30,31)32)16(19-17(28)21-11(23)2-3-12(21)24)20-18(29)22-13(25)4-5-14(22)26/h2-7,16,27H,1H3,(H,19,28)(H,20,29)(H,30,31,32). The van der Waals surface area contributed by atoms with E-state index in [4.69, 9.17) is 4.74 Å². The molecule has 4 N–H and O–H groups in total. The fourth-order valence-corrected chi connectivity index (χ4v) is 3.53. The second-order valence-corrected chi connectivity index (χ2v) is 7.96. The van der Waals surface area contributed by atoms with Gasteiger partial charge in [-0.25, -0.2) is 9.59 Å². The van der Waals surface area contributed by atoms with E-state index < -0.39 is 68.4 Å². The third kappa shape index (κ3) is 4.48. The first-order chi connectivity index (χ1) is 15.8. The second kappa shape index (κ2) is 8.75. The van der Waals surface area contributed by atoms with Crippen molar-refractivity contribution in [2.45, 2.75) is 11.1 Å². The van der Waals surface area contributed by atoms with E-state index in [1.807, 2.05) is 0 Å². The fraction of sp³-hybridized carbons (Fsp3) is 0.111. The summed E-state index contributed by atoms with van der Waals surface area (Å²) in [4.78, 5) is 71.5. The largest absolute Gasteiger partial charge is 0.503 e. The zero-order valence-electron chi connectivity index (χ0n) is 16.9. The van der Waals surface area contributed by atoms with E-state index in [0.29, 0.717) is 6.07 Å². The van der Waals surface area contributed by atoms with E-state index in [2.05, 4.69) is 10.6 Å². The van der Waals surface area contributed by atoms with Crippen molar-refractivity contribution in [3.63, 3.8) is 0 Å². The molecule has 2 aliphatic rings. The van der Waals surface area contributed by atoms with Crippen LogP contribution >= 0.6 is 0 Å². The molecule has 2 aliphatic heterocycles. The van der Waals surface area contributed by atoms with Gasteiger partial charge in [-0.05, 0) is 17.7 Å². The molecule has 3 rings (SSSR count). The van der Waals surface area contributed by atoms with Gasteiger partial charge in [0.1, 0.15) is 11.1 Å². The average molecular weight is 494 g/mol. The van der Waals surface area contributed by atoms with Gasteiger partial charge in [-0.15, -0.1) is 0 Å². The summed E-state index contributed by atoms with van der Waals surface area (Å²) in [6, 6.07) is -1.17. The number of carbonyl (C=O) groups is 6. The first-order valence-electron chi connectivity index (χ1n) is 8.96. The van der Waals surface area contributed by atoms with Gasteiger partial charge in [-0.1, -0.05) is 0 Å². The Labute approximate surface area is 190 Å². The van der Waals surface area contributed by atoms with Crippen LogP contribution in [0.1, 0.15) is 11.7 Å². The zero-order valence-corrected chi connectivity index (χ0v) is 17.7. The van der Waals surface area contributed by atoms with Crippen LogP contribution in [0.4, 0.5) is 9.59 Å². The Kier molecular flexibility index (Phi) is 6.20. The highest BCUT2D eigenvalue weighted by molar-refractivity contribution is 7.86. The number of nitrogens with zero attached hydrogens (tertiary/aromatic N) is 2. The second-order valence-electron chi connectivity index (χ2n) is 6.57. The molecular formula is C18H14N4O11S. The molecule has 34 heavy (non-hydrogen) atoms. The van der Waals surface area contributed by atoms with Crippen molar-refractivity contribution in [2.24, 2.45) is 0 Å².